The number of para-hydroxylation sites is 1. The van der Waals surface area contributed by atoms with Gasteiger partial charge in [-0.15, -0.1) is 0 Å². The van der Waals surface area contributed by atoms with Gasteiger partial charge in [-0.3, -0.25) is 24.3 Å². The molecule has 0 fully saturated rings. The Morgan fingerprint density at radius 1 is 1.15 bits per heavy atom. The number of nitrogens with zero attached hydrogens (tertiary/aromatic N) is 3. The van der Waals surface area contributed by atoms with E-state index in [0.29, 0.717) is 38.0 Å². The summed E-state index contributed by atoms with van der Waals surface area (Å²) in [5.74, 6) is -0.448. The van der Waals surface area contributed by atoms with Crippen LogP contribution in [-0.4, -0.2) is 26.1 Å². The number of anilines is 1. The number of aromatic nitrogens is 2. The van der Waals surface area contributed by atoms with Crippen molar-refractivity contribution in [1.82, 2.24) is 9.55 Å². The summed E-state index contributed by atoms with van der Waals surface area (Å²) in [5, 5.41) is 15.0. The molecule has 10 heteroatoms. The summed E-state index contributed by atoms with van der Waals surface area (Å²) in [4.78, 5) is 41.0. The molecule has 1 amide bonds. The second-order valence-corrected chi connectivity index (χ2v) is 8.50. The van der Waals surface area contributed by atoms with E-state index in [1.807, 2.05) is 0 Å². The lowest BCUT2D eigenvalue weighted by atomic mass is 10.2. The summed E-state index contributed by atoms with van der Waals surface area (Å²) in [7, 11) is 0. The Balaban J connectivity index is 1.65. The van der Waals surface area contributed by atoms with Gasteiger partial charge in [-0.25, -0.2) is 4.98 Å². The number of non-ortho nitro benzene ring substituents is 1. The van der Waals surface area contributed by atoms with Crippen molar-refractivity contribution in [3.05, 3.63) is 97.8 Å². The van der Waals surface area contributed by atoms with Crippen LogP contribution in [0, 0.1) is 17.0 Å². The predicted molar refractivity (Wildman–Crippen MR) is 130 cm³/mol. The standard InChI is InChI=1S/C23H17ClN4O4S/c1-14-9-10-17(28(31)32)12-20(14)25-21(29)13-33-23-26-19-8-3-2-7-18(19)22(30)27(23)16-6-4-5-15(24)11-16/h2-12H,13H2,1H3,(H,25,29). The molecule has 0 bridgehead atoms. The minimum absolute atomic E-state index is 0.0620. The first-order valence-electron chi connectivity index (χ1n) is 9.79. The lowest BCUT2D eigenvalue weighted by Crippen LogP contribution is -2.23. The number of hydrogen-bond donors (Lipinski definition) is 1. The lowest BCUT2D eigenvalue weighted by Gasteiger charge is -2.14. The number of hydrogen-bond acceptors (Lipinski definition) is 6. The van der Waals surface area contributed by atoms with Crippen molar-refractivity contribution >= 4 is 51.5 Å². The molecule has 3 aromatic carbocycles. The summed E-state index contributed by atoms with van der Waals surface area (Å²) in [6.07, 6.45) is 0. The maximum Gasteiger partial charge on any atom is 0.271 e. The Morgan fingerprint density at radius 2 is 1.94 bits per heavy atom. The SMILES string of the molecule is Cc1ccc([N+](=O)[O-])cc1NC(=O)CSc1nc2ccccc2c(=O)n1-c1cccc(Cl)c1. The molecule has 0 saturated carbocycles. The third kappa shape index (κ3) is 4.89. The van der Waals surface area contributed by atoms with Gasteiger partial charge in [-0.2, -0.15) is 0 Å². The highest BCUT2D eigenvalue weighted by atomic mass is 35.5. The number of thioether (sulfide) groups is 1. The Labute approximate surface area is 197 Å². The number of aryl methyl sites for hydroxylation is 1. The monoisotopic (exact) mass is 480 g/mol. The summed E-state index contributed by atoms with van der Waals surface area (Å²) >= 11 is 7.21. The second-order valence-electron chi connectivity index (χ2n) is 7.13. The van der Waals surface area contributed by atoms with Crippen molar-refractivity contribution < 1.29 is 9.72 Å². The molecule has 0 unspecified atom stereocenters. The highest BCUT2D eigenvalue weighted by Crippen LogP contribution is 2.25. The van der Waals surface area contributed by atoms with Gasteiger partial charge in [0, 0.05) is 17.2 Å². The van der Waals surface area contributed by atoms with Crippen LogP contribution in [0.3, 0.4) is 0 Å². The maximum absolute atomic E-state index is 13.2. The Hall–Kier alpha value is -3.69. The van der Waals surface area contributed by atoms with Gasteiger partial charge < -0.3 is 5.32 Å². The molecule has 0 radical (unpaired) electrons. The van der Waals surface area contributed by atoms with Gasteiger partial charge in [0.25, 0.3) is 11.2 Å². The van der Waals surface area contributed by atoms with Gasteiger partial charge in [0.2, 0.25) is 5.91 Å². The molecular formula is C23H17ClN4O4S. The molecule has 166 valence electrons. The normalized spacial score (nSPS) is 10.8. The Kier molecular flexibility index (Phi) is 6.43. The van der Waals surface area contributed by atoms with E-state index in [-0.39, 0.29) is 22.9 Å². The van der Waals surface area contributed by atoms with Gasteiger partial charge in [-0.1, -0.05) is 47.6 Å². The number of carbonyl (C=O) groups excluding carboxylic acids is 1. The zero-order chi connectivity index (χ0) is 23.5. The van der Waals surface area contributed by atoms with E-state index in [1.54, 1.807) is 61.5 Å². The molecule has 1 heterocycles. The number of amides is 1. The molecule has 0 aliphatic rings. The third-order valence-corrected chi connectivity index (χ3v) is 6.02. The summed E-state index contributed by atoms with van der Waals surface area (Å²) < 4.78 is 1.42. The van der Waals surface area contributed by atoms with Crippen LogP contribution in [0.4, 0.5) is 11.4 Å². The van der Waals surface area contributed by atoms with Crippen LogP contribution in [0.5, 0.6) is 0 Å². The van der Waals surface area contributed by atoms with E-state index in [1.165, 1.54) is 16.7 Å². The number of nitrogens with one attached hydrogen (secondary N) is 1. The highest BCUT2D eigenvalue weighted by molar-refractivity contribution is 7.99. The quantitative estimate of drug-likeness (QED) is 0.180. The topological polar surface area (TPSA) is 107 Å². The molecule has 0 aliphatic carbocycles. The predicted octanol–water partition coefficient (Wildman–Crippen LogP) is 4.99. The first kappa shape index (κ1) is 22.5. The average molecular weight is 481 g/mol. The van der Waals surface area contributed by atoms with Crippen molar-refractivity contribution in [2.24, 2.45) is 0 Å². The first-order chi connectivity index (χ1) is 15.8. The summed E-state index contributed by atoms with van der Waals surface area (Å²) in [6.45, 7) is 1.74. The van der Waals surface area contributed by atoms with E-state index < -0.39 is 4.92 Å². The lowest BCUT2D eigenvalue weighted by molar-refractivity contribution is -0.384. The zero-order valence-corrected chi connectivity index (χ0v) is 18.9. The van der Waals surface area contributed by atoms with Crippen LogP contribution in [-0.2, 0) is 4.79 Å². The van der Waals surface area contributed by atoms with E-state index in [2.05, 4.69) is 10.3 Å². The molecule has 0 saturated heterocycles. The molecule has 0 atom stereocenters. The average Bonchev–Trinajstić information content (AvgIpc) is 2.79. The molecule has 4 aromatic rings. The van der Waals surface area contributed by atoms with Gasteiger partial charge in [0.15, 0.2) is 5.16 Å². The smallest absolute Gasteiger partial charge is 0.271 e. The molecule has 1 N–H and O–H groups in total. The first-order valence-corrected chi connectivity index (χ1v) is 11.2. The van der Waals surface area contributed by atoms with Crippen LogP contribution in [0.25, 0.3) is 16.6 Å². The molecular weight excluding hydrogens is 464 g/mol. The van der Waals surface area contributed by atoms with Crippen molar-refractivity contribution in [3.63, 3.8) is 0 Å². The van der Waals surface area contributed by atoms with Gasteiger partial charge >= 0.3 is 0 Å². The molecule has 0 aliphatic heterocycles. The van der Waals surface area contributed by atoms with Crippen LogP contribution < -0.4 is 10.9 Å². The Bertz CT molecular complexity index is 1450. The molecule has 33 heavy (non-hydrogen) atoms. The summed E-state index contributed by atoms with van der Waals surface area (Å²) in [6, 6.07) is 18.0. The maximum atomic E-state index is 13.2. The summed E-state index contributed by atoms with van der Waals surface area (Å²) in [5.41, 5.74) is 1.70. The van der Waals surface area contributed by atoms with Crippen LogP contribution in [0.2, 0.25) is 5.02 Å². The minimum Gasteiger partial charge on any atom is -0.325 e. The molecule has 8 nitrogen and oxygen atoms in total. The fourth-order valence-electron chi connectivity index (χ4n) is 3.23. The fourth-order valence-corrected chi connectivity index (χ4v) is 4.22. The van der Waals surface area contributed by atoms with Gasteiger partial charge in [0.05, 0.1) is 33.0 Å². The Morgan fingerprint density at radius 3 is 2.70 bits per heavy atom. The number of benzene rings is 3. The largest absolute Gasteiger partial charge is 0.325 e. The van der Waals surface area contributed by atoms with Crippen molar-refractivity contribution in [1.29, 1.82) is 0 Å². The van der Waals surface area contributed by atoms with Crippen LogP contribution in [0.15, 0.2) is 76.7 Å². The number of fused-ring (bicyclic) bond motifs is 1. The number of carbonyl (C=O) groups is 1. The van der Waals surface area contributed by atoms with Crippen LogP contribution >= 0.6 is 23.4 Å². The minimum atomic E-state index is -0.521. The number of nitro benzene ring substituents is 1. The van der Waals surface area contributed by atoms with Crippen molar-refractivity contribution in [2.75, 3.05) is 11.1 Å². The van der Waals surface area contributed by atoms with Gasteiger partial charge in [0.1, 0.15) is 0 Å². The van der Waals surface area contributed by atoms with E-state index in [9.17, 15) is 19.7 Å². The van der Waals surface area contributed by atoms with E-state index in [0.717, 1.165) is 11.8 Å². The number of rotatable bonds is 6. The zero-order valence-electron chi connectivity index (χ0n) is 17.3. The fraction of sp³-hybridized carbons (Fsp3) is 0.0870. The molecule has 0 spiro atoms. The van der Waals surface area contributed by atoms with Gasteiger partial charge in [-0.05, 0) is 42.8 Å². The third-order valence-electron chi connectivity index (χ3n) is 4.85. The number of nitro groups is 1. The highest BCUT2D eigenvalue weighted by Gasteiger charge is 2.16. The van der Waals surface area contributed by atoms with Crippen LogP contribution in [0.1, 0.15) is 5.56 Å². The molecule has 1 aromatic heterocycles. The van der Waals surface area contributed by atoms with Crippen molar-refractivity contribution in [3.8, 4) is 5.69 Å². The van der Waals surface area contributed by atoms with E-state index in [4.69, 9.17) is 11.6 Å². The number of halogens is 1. The second kappa shape index (κ2) is 9.43. The van der Waals surface area contributed by atoms with E-state index >= 15 is 0 Å². The molecule has 4 rings (SSSR count). The van der Waals surface area contributed by atoms with Crippen molar-refractivity contribution in [2.45, 2.75) is 12.1 Å².